The smallest absolute Gasteiger partial charge is 0.223 e. The molecular weight excluding hydrogens is 374 g/mol. The van der Waals surface area contributed by atoms with E-state index in [-0.39, 0.29) is 5.84 Å². The molecule has 154 valence electrons. The van der Waals surface area contributed by atoms with Crippen LogP contribution in [0, 0.1) is 0 Å². The number of aliphatic hydroxyl groups is 3. The third-order valence-electron chi connectivity index (χ3n) is 5.30. The van der Waals surface area contributed by atoms with E-state index in [0.29, 0.717) is 0 Å². The van der Waals surface area contributed by atoms with E-state index < -0.39 is 66.5 Å². The average Bonchev–Trinajstić information content (AvgIpc) is 3.14. The van der Waals surface area contributed by atoms with Crippen LogP contribution in [-0.2, 0) is 19.1 Å². The van der Waals surface area contributed by atoms with Gasteiger partial charge in [0.1, 0.15) is 30.3 Å². The minimum atomic E-state index is -1.79. The molecule has 3 aliphatic heterocycles. The highest BCUT2D eigenvalue weighted by atomic mass is 16.6. The molecule has 0 unspecified atom stereocenters. The Morgan fingerprint density at radius 1 is 1.25 bits per heavy atom. The van der Waals surface area contributed by atoms with Crippen molar-refractivity contribution < 1.29 is 34.4 Å². The van der Waals surface area contributed by atoms with Crippen LogP contribution in [0.25, 0.3) is 0 Å². The Balaban J connectivity index is 2.13. The van der Waals surface area contributed by atoms with Crippen molar-refractivity contribution in [1.29, 1.82) is 0 Å². The van der Waals surface area contributed by atoms with Crippen LogP contribution in [0.4, 0.5) is 0 Å². The SMILES string of the molecule is CC(=O)[C@@H]1N=C(N)[C@@]2(C(C)=O)N=CN([C@@H]3O[C@H](CO)[C@@H](O)[C@H]3O)[C@@H]2N1C(C)=O. The Morgan fingerprint density at radius 2 is 1.89 bits per heavy atom. The third-order valence-corrected chi connectivity index (χ3v) is 5.30. The highest BCUT2D eigenvalue weighted by molar-refractivity contribution is 6.16. The summed E-state index contributed by atoms with van der Waals surface area (Å²) >= 11 is 0. The number of nitrogens with zero attached hydrogens (tertiary/aromatic N) is 4. The number of hydrogen-bond donors (Lipinski definition) is 4. The van der Waals surface area contributed by atoms with Crippen molar-refractivity contribution in [2.24, 2.45) is 15.7 Å². The number of rotatable bonds is 4. The molecule has 0 aromatic rings. The summed E-state index contributed by atoms with van der Waals surface area (Å²) in [5.41, 5.74) is 4.24. The number of amidine groups is 1. The molecule has 1 fully saturated rings. The second-order valence-electron chi connectivity index (χ2n) is 7.04. The first kappa shape index (κ1) is 20.3. The number of aliphatic imine (C=N–C) groups is 2. The van der Waals surface area contributed by atoms with Crippen LogP contribution in [0.3, 0.4) is 0 Å². The van der Waals surface area contributed by atoms with Gasteiger partial charge in [0.2, 0.25) is 11.4 Å². The van der Waals surface area contributed by atoms with Gasteiger partial charge in [0, 0.05) is 6.92 Å². The molecule has 3 heterocycles. The second-order valence-corrected chi connectivity index (χ2v) is 7.04. The van der Waals surface area contributed by atoms with E-state index in [9.17, 15) is 29.7 Å². The lowest BCUT2D eigenvalue weighted by molar-refractivity contribution is -0.156. The summed E-state index contributed by atoms with van der Waals surface area (Å²) in [6.07, 6.45) is -6.55. The van der Waals surface area contributed by atoms with Crippen LogP contribution in [0.1, 0.15) is 20.8 Å². The van der Waals surface area contributed by atoms with Crippen molar-refractivity contribution in [3.63, 3.8) is 0 Å². The van der Waals surface area contributed by atoms with Gasteiger partial charge in [0.05, 0.1) is 12.9 Å². The van der Waals surface area contributed by atoms with Gasteiger partial charge in [-0.1, -0.05) is 0 Å². The molecule has 1 saturated heterocycles. The van der Waals surface area contributed by atoms with Crippen molar-refractivity contribution in [2.75, 3.05) is 6.61 Å². The van der Waals surface area contributed by atoms with E-state index in [1.54, 1.807) is 0 Å². The van der Waals surface area contributed by atoms with Crippen LogP contribution >= 0.6 is 0 Å². The molecular formula is C16H23N5O7. The molecule has 0 bridgehead atoms. The number of carbonyl (C=O) groups excluding carboxylic acids is 3. The number of fused-ring (bicyclic) bond motifs is 1. The fraction of sp³-hybridized carbons (Fsp3) is 0.688. The maximum Gasteiger partial charge on any atom is 0.223 e. The molecule has 0 aliphatic carbocycles. The fourth-order valence-electron chi connectivity index (χ4n) is 3.89. The zero-order chi connectivity index (χ0) is 21.0. The van der Waals surface area contributed by atoms with Crippen molar-refractivity contribution >= 4 is 29.6 Å². The van der Waals surface area contributed by atoms with Gasteiger partial charge in [-0.3, -0.25) is 19.3 Å². The van der Waals surface area contributed by atoms with E-state index >= 15 is 0 Å². The summed E-state index contributed by atoms with van der Waals surface area (Å²) in [7, 11) is 0. The maximum atomic E-state index is 12.6. The van der Waals surface area contributed by atoms with Crippen molar-refractivity contribution in [3.05, 3.63) is 0 Å². The fourth-order valence-corrected chi connectivity index (χ4v) is 3.89. The van der Waals surface area contributed by atoms with Gasteiger partial charge in [0.15, 0.2) is 24.0 Å². The van der Waals surface area contributed by atoms with E-state index in [1.807, 2.05) is 0 Å². The normalized spacial score (nSPS) is 39.7. The maximum absolute atomic E-state index is 12.6. The number of hydrogen-bond acceptors (Lipinski definition) is 11. The molecule has 28 heavy (non-hydrogen) atoms. The van der Waals surface area contributed by atoms with Gasteiger partial charge in [-0.15, -0.1) is 0 Å². The van der Waals surface area contributed by atoms with E-state index in [2.05, 4.69) is 9.98 Å². The Kier molecular flexibility index (Phi) is 5.00. The number of ether oxygens (including phenoxy) is 1. The molecule has 12 heteroatoms. The minimum absolute atomic E-state index is 0.242. The van der Waals surface area contributed by atoms with Crippen LogP contribution in [0.5, 0.6) is 0 Å². The summed E-state index contributed by atoms with van der Waals surface area (Å²) in [5, 5.41) is 29.8. The summed E-state index contributed by atoms with van der Waals surface area (Å²) in [4.78, 5) is 47.7. The van der Waals surface area contributed by atoms with Crippen LogP contribution in [0.15, 0.2) is 9.98 Å². The number of ketones is 2. The van der Waals surface area contributed by atoms with Gasteiger partial charge in [-0.2, -0.15) is 0 Å². The standard InChI is InChI=1S/C16H23N5O7/c1-6(23)12-19-14(17)16(7(2)24)15(21(12)8(3)25)20(5-18-16)13-11(27)10(26)9(4-22)28-13/h5,9-13,15,22,26-27H,4H2,1-3H3,(H2,17,19)/t9-,10-,11-,12-,13-,15-,16-/m1/s1. The molecule has 0 spiro atoms. The van der Waals surface area contributed by atoms with Crippen LogP contribution in [-0.4, -0.2) is 104 Å². The van der Waals surface area contributed by atoms with E-state index in [1.165, 1.54) is 32.0 Å². The van der Waals surface area contributed by atoms with Crippen molar-refractivity contribution in [2.45, 2.75) is 63.2 Å². The van der Waals surface area contributed by atoms with Gasteiger partial charge < -0.3 is 30.7 Å². The van der Waals surface area contributed by atoms with Crippen molar-refractivity contribution in [1.82, 2.24) is 9.80 Å². The zero-order valence-corrected chi connectivity index (χ0v) is 15.6. The van der Waals surface area contributed by atoms with Gasteiger partial charge in [-0.25, -0.2) is 9.98 Å². The molecule has 0 radical (unpaired) electrons. The minimum Gasteiger partial charge on any atom is -0.394 e. The second kappa shape index (κ2) is 6.88. The molecule has 0 saturated carbocycles. The lowest BCUT2D eigenvalue weighted by atomic mass is 9.86. The topological polar surface area (TPSA) is 178 Å². The Hall–Kier alpha value is -2.41. The Bertz CT molecular complexity index is 770. The summed E-state index contributed by atoms with van der Waals surface area (Å²) in [6, 6.07) is 0. The molecule has 5 N–H and O–H groups in total. The largest absolute Gasteiger partial charge is 0.394 e. The molecule has 12 nitrogen and oxygen atoms in total. The number of carbonyl (C=O) groups is 3. The van der Waals surface area contributed by atoms with Crippen LogP contribution in [0.2, 0.25) is 0 Å². The molecule has 3 aliphatic rings. The number of amides is 1. The first-order valence-corrected chi connectivity index (χ1v) is 8.67. The highest BCUT2D eigenvalue weighted by Crippen LogP contribution is 2.39. The first-order chi connectivity index (χ1) is 13.1. The van der Waals surface area contributed by atoms with E-state index in [4.69, 9.17) is 10.5 Å². The number of Topliss-reactive ketones (excluding diaryl/α,β-unsaturated/α-hetero) is 2. The lowest BCUT2D eigenvalue weighted by Crippen LogP contribution is -2.73. The van der Waals surface area contributed by atoms with Crippen molar-refractivity contribution in [3.8, 4) is 0 Å². The molecule has 3 rings (SSSR count). The average molecular weight is 397 g/mol. The van der Waals surface area contributed by atoms with Gasteiger partial charge >= 0.3 is 0 Å². The number of nitrogens with two attached hydrogens (primary N) is 1. The number of aliphatic hydroxyl groups excluding tert-OH is 3. The molecule has 0 aromatic carbocycles. The monoisotopic (exact) mass is 397 g/mol. The summed E-state index contributed by atoms with van der Waals surface area (Å²) in [5.74, 6) is -1.83. The lowest BCUT2D eigenvalue weighted by Gasteiger charge is -2.48. The zero-order valence-electron chi connectivity index (χ0n) is 15.6. The van der Waals surface area contributed by atoms with E-state index in [0.717, 1.165) is 4.90 Å². The molecule has 1 amide bonds. The highest BCUT2D eigenvalue weighted by Gasteiger charge is 2.63. The Labute approximate surface area is 160 Å². The van der Waals surface area contributed by atoms with Gasteiger partial charge in [-0.05, 0) is 13.8 Å². The first-order valence-electron chi connectivity index (χ1n) is 8.67. The summed E-state index contributed by atoms with van der Waals surface area (Å²) in [6.45, 7) is 3.09. The van der Waals surface area contributed by atoms with Crippen LogP contribution < -0.4 is 5.73 Å². The third kappa shape index (κ3) is 2.64. The summed E-state index contributed by atoms with van der Waals surface area (Å²) < 4.78 is 5.52. The van der Waals surface area contributed by atoms with Gasteiger partial charge in [0.25, 0.3) is 0 Å². The Morgan fingerprint density at radius 3 is 2.36 bits per heavy atom. The quantitative estimate of drug-likeness (QED) is 0.375. The molecule has 7 atom stereocenters. The predicted molar refractivity (Wildman–Crippen MR) is 93.9 cm³/mol. The molecule has 0 aromatic heterocycles. The predicted octanol–water partition coefficient (Wildman–Crippen LogP) is -3.44.